The van der Waals surface area contributed by atoms with Gasteiger partial charge in [-0.3, -0.25) is 0 Å². The van der Waals surface area contributed by atoms with Crippen molar-refractivity contribution in [1.82, 2.24) is 0 Å². The first kappa shape index (κ1) is 10.1. The SMILES string of the molecule is CCCC(C)C(CC)C1CCC1. The van der Waals surface area contributed by atoms with E-state index in [9.17, 15) is 0 Å². The molecule has 12 heavy (non-hydrogen) atoms. The third kappa shape index (κ3) is 2.24. The molecule has 1 saturated carbocycles. The van der Waals surface area contributed by atoms with Gasteiger partial charge in [0.25, 0.3) is 0 Å². The molecule has 72 valence electrons. The van der Waals surface area contributed by atoms with Gasteiger partial charge < -0.3 is 0 Å². The average molecular weight is 168 g/mol. The average Bonchev–Trinajstić information content (AvgIpc) is 1.96. The van der Waals surface area contributed by atoms with E-state index in [1.54, 1.807) is 0 Å². The highest BCUT2D eigenvalue weighted by Crippen LogP contribution is 2.40. The number of hydrogen-bond acceptors (Lipinski definition) is 0. The minimum absolute atomic E-state index is 0.977. The van der Waals surface area contributed by atoms with Crippen molar-refractivity contribution in [2.24, 2.45) is 17.8 Å². The monoisotopic (exact) mass is 168 g/mol. The first-order valence-electron chi connectivity index (χ1n) is 5.79. The molecule has 2 unspecified atom stereocenters. The van der Waals surface area contributed by atoms with Crippen LogP contribution in [-0.2, 0) is 0 Å². The Morgan fingerprint density at radius 2 is 1.92 bits per heavy atom. The van der Waals surface area contributed by atoms with Crippen LogP contribution in [0.2, 0.25) is 0 Å². The predicted octanol–water partition coefficient (Wildman–Crippen LogP) is 4.25. The van der Waals surface area contributed by atoms with Crippen LogP contribution in [0.25, 0.3) is 0 Å². The highest BCUT2D eigenvalue weighted by molar-refractivity contribution is 4.79. The summed E-state index contributed by atoms with van der Waals surface area (Å²) in [5.41, 5.74) is 0. The summed E-state index contributed by atoms with van der Waals surface area (Å²) >= 11 is 0. The van der Waals surface area contributed by atoms with Crippen molar-refractivity contribution in [2.75, 3.05) is 0 Å². The quantitative estimate of drug-likeness (QED) is 0.575. The molecule has 0 aromatic carbocycles. The summed E-state index contributed by atoms with van der Waals surface area (Å²) < 4.78 is 0. The predicted molar refractivity (Wildman–Crippen MR) is 55.2 cm³/mol. The van der Waals surface area contributed by atoms with Crippen LogP contribution in [0.1, 0.15) is 59.3 Å². The minimum Gasteiger partial charge on any atom is -0.0654 e. The fraction of sp³-hybridized carbons (Fsp3) is 1.00. The minimum atomic E-state index is 0.977. The standard InChI is InChI=1S/C12H24/c1-4-7-10(3)12(5-2)11-8-6-9-11/h10-12H,4-9H2,1-3H3. The molecule has 0 heterocycles. The van der Waals surface area contributed by atoms with Crippen molar-refractivity contribution in [1.29, 1.82) is 0 Å². The summed E-state index contributed by atoms with van der Waals surface area (Å²) in [6, 6.07) is 0. The van der Waals surface area contributed by atoms with Gasteiger partial charge in [0.05, 0.1) is 0 Å². The third-order valence-electron chi connectivity index (χ3n) is 3.70. The Labute approximate surface area is 77.7 Å². The molecule has 1 fully saturated rings. The fourth-order valence-corrected chi connectivity index (χ4v) is 2.74. The smallest absolute Gasteiger partial charge is 0.0363 e. The molecule has 0 aromatic rings. The first-order chi connectivity index (χ1) is 5.79. The highest BCUT2D eigenvalue weighted by Gasteiger charge is 2.29. The topological polar surface area (TPSA) is 0 Å². The van der Waals surface area contributed by atoms with Gasteiger partial charge in [0.1, 0.15) is 0 Å². The molecule has 0 spiro atoms. The van der Waals surface area contributed by atoms with Crippen LogP contribution in [0.5, 0.6) is 0 Å². The Kier molecular flexibility index (Phi) is 4.11. The molecule has 1 rings (SSSR count). The maximum Gasteiger partial charge on any atom is -0.0363 e. The molecule has 2 atom stereocenters. The van der Waals surface area contributed by atoms with E-state index in [2.05, 4.69) is 20.8 Å². The molecule has 0 saturated heterocycles. The van der Waals surface area contributed by atoms with E-state index in [1.807, 2.05) is 0 Å². The second-order valence-electron chi connectivity index (χ2n) is 4.53. The van der Waals surface area contributed by atoms with E-state index in [0.29, 0.717) is 0 Å². The van der Waals surface area contributed by atoms with Gasteiger partial charge in [0.2, 0.25) is 0 Å². The Morgan fingerprint density at radius 1 is 1.25 bits per heavy atom. The Morgan fingerprint density at radius 3 is 2.25 bits per heavy atom. The zero-order valence-electron chi connectivity index (χ0n) is 8.97. The molecule has 1 aliphatic carbocycles. The molecule has 0 heteroatoms. The molecule has 0 amide bonds. The summed E-state index contributed by atoms with van der Waals surface area (Å²) in [4.78, 5) is 0. The Bertz CT molecular complexity index is 113. The van der Waals surface area contributed by atoms with Crippen LogP contribution in [0, 0.1) is 17.8 Å². The van der Waals surface area contributed by atoms with Gasteiger partial charge >= 0.3 is 0 Å². The molecule has 0 nitrogen and oxygen atoms in total. The summed E-state index contributed by atoms with van der Waals surface area (Å²) in [6.07, 6.45) is 8.75. The van der Waals surface area contributed by atoms with Gasteiger partial charge in [-0.05, 0) is 17.8 Å². The van der Waals surface area contributed by atoms with Gasteiger partial charge in [0.15, 0.2) is 0 Å². The lowest BCUT2D eigenvalue weighted by molar-refractivity contribution is 0.141. The maximum absolute atomic E-state index is 2.45. The molecular weight excluding hydrogens is 144 g/mol. The highest BCUT2D eigenvalue weighted by atomic mass is 14.3. The lowest BCUT2D eigenvalue weighted by atomic mass is 9.69. The molecule has 0 aromatic heterocycles. The van der Waals surface area contributed by atoms with Crippen molar-refractivity contribution >= 4 is 0 Å². The van der Waals surface area contributed by atoms with Crippen LogP contribution in [0.3, 0.4) is 0 Å². The number of hydrogen-bond donors (Lipinski definition) is 0. The van der Waals surface area contributed by atoms with Crippen LogP contribution < -0.4 is 0 Å². The molecule has 0 aliphatic heterocycles. The molecule has 1 aliphatic rings. The third-order valence-corrected chi connectivity index (χ3v) is 3.70. The van der Waals surface area contributed by atoms with Gasteiger partial charge in [0, 0.05) is 0 Å². The first-order valence-corrected chi connectivity index (χ1v) is 5.79. The molecule has 0 N–H and O–H groups in total. The molecular formula is C12H24. The van der Waals surface area contributed by atoms with Crippen LogP contribution in [0.15, 0.2) is 0 Å². The lowest BCUT2D eigenvalue weighted by Crippen LogP contribution is -2.26. The normalized spacial score (nSPS) is 23.2. The van der Waals surface area contributed by atoms with Gasteiger partial charge in [-0.2, -0.15) is 0 Å². The summed E-state index contributed by atoms with van der Waals surface area (Å²) in [6.45, 7) is 7.13. The zero-order valence-corrected chi connectivity index (χ0v) is 8.97. The lowest BCUT2D eigenvalue weighted by Gasteiger charge is -2.37. The molecule has 0 radical (unpaired) electrons. The van der Waals surface area contributed by atoms with Crippen molar-refractivity contribution in [3.8, 4) is 0 Å². The Hall–Kier alpha value is 0. The zero-order chi connectivity index (χ0) is 8.97. The van der Waals surface area contributed by atoms with E-state index < -0.39 is 0 Å². The van der Waals surface area contributed by atoms with Crippen LogP contribution >= 0.6 is 0 Å². The summed E-state index contributed by atoms with van der Waals surface area (Å²) in [5.74, 6) is 3.11. The van der Waals surface area contributed by atoms with Crippen molar-refractivity contribution in [3.05, 3.63) is 0 Å². The van der Waals surface area contributed by atoms with E-state index in [4.69, 9.17) is 0 Å². The Balaban J connectivity index is 2.31. The van der Waals surface area contributed by atoms with E-state index in [1.165, 1.54) is 38.5 Å². The van der Waals surface area contributed by atoms with Gasteiger partial charge in [-0.25, -0.2) is 0 Å². The maximum atomic E-state index is 2.45. The van der Waals surface area contributed by atoms with Crippen molar-refractivity contribution in [2.45, 2.75) is 59.3 Å². The largest absolute Gasteiger partial charge is 0.0654 e. The van der Waals surface area contributed by atoms with Crippen LogP contribution in [0.4, 0.5) is 0 Å². The van der Waals surface area contributed by atoms with Crippen molar-refractivity contribution in [3.63, 3.8) is 0 Å². The number of rotatable bonds is 5. The van der Waals surface area contributed by atoms with Crippen LogP contribution in [-0.4, -0.2) is 0 Å². The molecule has 0 bridgehead atoms. The second kappa shape index (κ2) is 4.89. The van der Waals surface area contributed by atoms with Crippen molar-refractivity contribution < 1.29 is 0 Å². The van der Waals surface area contributed by atoms with E-state index in [-0.39, 0.29) is 0 Å². The van der Waals surface area contributed by atoms with Gasteiger partial charge in [-0.1, -0.05) is 59.3 Å². The second-order valence-corrected chi connectivity index (χ2v) is 4.53. The van der Waals surface area contributed by atoms with E-state index >= 15 is 0 Å². The van der Waals surface area contributed by atoms with Gasteiger partial charge in [-0.15, -0.1) is 0 Å². The summed E-state index contributed by atoms with van der Waals surface area (Å²) in [5, 5.41) is 0. The fourth-order valence-electron chi connectivity index (χ4n) is 2.74. The summed E-state index contributed by atoms with van der Waals surface area (Å²) in [7, 11) is 0. The van der Waals surface area contributed by atoms with E-state index in [0.717, 1.165) is 17.8 Å².